The van der Waals surface area contributed by atoms with Crippen LogP contribution >= 0.6 is 0 Å². The van der Waals surface area contributed by atoms with Gasteiger partial charge in [-0.2, -0.15) is 5.10 Å². The summed E-state index contributed by atoms with van der Waals surface area (Å²) in [6.07, 6.45) is 1.62. The molecule has 0 aliphatic rings. The lowest BCUT2D eigenvalue weighted by Crippen LogP contribution is -2.07. The molecule has 0 spiro atoms. The molecule has 80 valence electrons. The van der Waals surface area contributed by atoms with Gasteiger partial charge < -0.3 is 0 Å². The molecule has 0 saturated heterocycles. The second-order valence-corrected chi connectivity index (χ2v) is 4.51. The van der Waals surface area contributed by atoms with Crippen LogP contribution in [0, 0.1) is 0 Å². The highest BCUT2D eigenvalue weighted by atomic mass is 15.3. The largest absolute Gasteiger partial charge is 0.217 e. The topological polar surface area (TPSA) is 30.2 Å². The standard InChI is InChI=1S/C12H17N3/c1-8(2)10-5-6-11-13-7-14-15(11)12(10)9(3)4/h5-9H,1-4H3. The van der Waals surface area contributed by atoms with Crippen LogP contribution in [-0.4, -0.2) is 14.6 Å². The number of fused-ring (bicyclic) bond motifs is 1. The molecule has 0 unspecified atom stereocenters. The van der Waals surface area contributed by atoms with Crippen LogP contribution in [0.4, 0.5) is 0 Å². The van der Waals surface area contributed by atoms with Gasteiger partial charge in [0, 0.05) is 0 Å². The van der Waals surface area contributed by atoms with Crippen LogP contribution in [0.25, 0.3) is 5.65 Å². The van der Waals surface area contributed by atoms with E-state index in [9.17, 15) is 0 Å². The van der Waals surface area contributed by atoms with E-state index in [0.29, 0.717) is 11.8 Å². The highest BCUT2D eigenvalue weighted by molar-refractivity contribution is 5.43. The second-order valence-electron chi connectivity index (χ2n) is 4.51. The summed E-state index contributed by atoms with van der Waals surface area (Å²) < 4.78 is 1.96. The maximum atomic E-state index is 4.29. The van der Waals surface area contributed by atoms with Crippen molar-refractivity contribution >= 4 is 5.65 Å². The zero-order chi connectivity index (χ0) is 11.0. The predicted molar refractivity (Wildman–Crippen MR) is 61.2 cm³/mol. The summed E-state index contributed by atoms with van der Waals surface area (Å²) in [6, 6.07) is 4.21. The number of rotatable bonds is 2. The van der Waals surface area contributed by atoms with E-state index in [1.54, 1.807) is 6.33 Å². The average molecular weight is 203 g/mol. The van der Waals surface area contributed by atoms with Gasteiger partial charge in [-0.15, -0.1) is 0 Å². The number of hydrogen-bond acceptors (Lipinski definition) is 2. The van der Waals surface area contributed by atoms with E-state index in [4.69, 9.17) is 0 Å². The number of pyridine rings is 1. The Labute approximate surface area is 90.1 Å². The number of hydrogen-bond donors (Lipinski definition) is 0. The molecular formula is C12H17N3. The van der Waals surface area contributed by atoms with Gasteiger partial charge in [-0.3, -0.25) is 0 Å². The van der Waals surface area contributed by atoms with Gasteiger partial charge in [-0.1, -0.05) is 33.8 Å². The fourth-order valence-electron chi connectivity index (χ4n) is 1.99. The number of nitrogens with zero attached hydrogens (tertiary/aromatic N) is 3. The Kier molecular flexibility index (Phi) is 2.47. The lowest BCUT2D eigenvalue weighted by molar-refractivity contribution is 0.712. The van der Waals surface area contributed by atoms with Crippen molar-refractivity contribution in [2.75, 3.05) is 0 Å². The minimum Gasteiger partial charge on any atom is -0.217 e. The Morgan fingerprint density at radius 3 is 2.40 bits per heavy atom. The molecule has 0 bridgehead atoms. The first kappa shape index (κ1) is 10.1. The highest BCUT2D eigenvalue weighted by Gasteiger charge is 2.14. The third-order valence-corrected chi connectivity index (χ3v) is 2.68. The smallest absolute Gasteiger partial charge is 0.155 e. The van der Waals surface area contributed by atoms with E-state index in [-0.39, 0.29) is 0 Å². The molecule has 3 heteroatoms. The van der Waals surface area contributed by atoms with Crippen LogP contribution in [-0.2, 0) is 0 Å². The summed E-state index contributed by atoms with van der Waals surface area (Å²) in [7, 11) is 0. The van der Waals surface area contributed by atoms with Crippen LogP contribution in [0.1, 0.15) is 50.8 Å². The fourth-order valence-corrected chi connectivity index (χ4v) is 1.99. The highest BCUT2D eigenvalue weighted by Crippen LogP contribution is 2.26. The lowest BCUT2D eigenvalue weighted by Gasteiger charge is -2.16. The van der Waals surface area contributed by atoms with Gasteiger partial charge in [0.1, 0.15) is 6.33 Å². The van der Waals surface area contributed by atoms with Crippen LogP contribution in [0.5, 0.6) is 0 Å². The molecule has 0 atom stereocenters. The Morgan fingerprint density at radius 1 is 1.07 bits per heavy atom. The molecule has 0 N–H and O–H groups in total. The van der Waals surface area contributed by atoms with Gasteiger partial charge in [-0.05, 0) is 23.5 Å². The van der Waals surface area contributed by atoms with E-state index in [2.05, 4.69) is 43.8 Å². The third kappa shape index (κ3) is 1.62. The zero-order valence-electron chi connectivity index (χ0n) is 9.73. The van der Waals surface area contributed by atoms with Crippen molar-refractivity contribution < 1.29 is 0 Å². The van der Waals surface area contributed by atoms with Crippen LogP contribution in [0.2, 0.25) is 0 Å². The van der Waals surface area contributed by atoms with Crippen LogP contribution in [0.15, 0.2) is 18.5 Å². The normalized spacial score (nSPS) is 11.9. The van der Waals surface area contributed by atoms with Crippen molar-refractivity contribution in [2.24, 2.45) is 0 Å². The summed E-state index contributed by atoms with van der Waals surface area (Å²) in [5.41, 5.74) is 3.58. The first-order valence-corrected chi connectivity index (χ1v) is 5.43. The lowest BCUT2D eigenvalue weighted by atomic mass is 9.95. The fraction of sp³-hybridized carbons (Fsp3) is 0.500. The van der Waals surface area contributed by atoms with Crippen molar-refractivity contribution in [2.45, 2.75) is 39.5 Å². The van der Waals surface area contributed by atoms with E-state index >= 15 is 0 Å². The minimum atomic E-state index is 0.466. The number of aromatic nitrogens is 3. The van der Waals surface area contributed by atoms with Gasteiger partial charge >= 0.3 is 0 Å². The van der Waals surface area contributed by atoms with Crippen molar-refractivity contribution in [3.8, 4) is 0 Å². The van der Waals surface area contributed by atoms with Gasteiger partial charge in [0.25, 0.3) is 0 Å². The third-order valence-electron chi connectivity index (χ3n) is 2.68. The molecule has 0 aliphatic carbocycles. The molecule has 0 saturated carbocycles. The molecule has 0 radical (unpaired) electrons. The quantitative estimate of drug-likeness (QED) is 0.751. The van der Waals surface area contributed by atoms with Crippen molar-refractivity contribution in [3.05, 3.63) is 29.7 Å². The minimum absolute atomic E-state index is 0.466. The first-order chi connectivity index (χ1) is 7.11. The SMILES string of the molecule is CC(C)c1ccc2ncnn2c1C(C)C. The summed E-state index contributed by atoms with van der Waals surface area (Å²) >= 11 is 0. The summed E-state index contributed by atoms with van der Waals surface area (Å²) in [4.78, 5) is 4.21. The monoisotopic (exact) mass is 203 g/mol. The van der Waals surface area contributed by atoms with Gasteiger partial charge in [0.2, 0.25) is 0 Å². The van der Waals surface area contributed by atoms with E-state index in [1.165, 1.54) is 11.3 Å². The molecule has 0 fully saturated rings. The van der Waals surface area contributed by atoms with Crippen molar-refractivity contribution in [1.29, 1.82) is 0 Å². The van der Waals surface area contributed by atoms with Crippen molar-refractivity contribution in [3.63, 3.8) is 0 Å². The zero-order valence-corrected chi connectivity index (χ0v) is 9.73. The molecule has 0 amide bonds. The molecule has 2 aromatic rings. The van der Waals surface area contributed by atoms with Gasteiger partial charge in [0.15, 0.2) is 5.65 Å². The molecule has 2 aromatic heterocycles. The van der Waals surface area contributed by atoms with E-state index in [0.717, 1.165) is 5.65 Å². The second kappa shape index (κ2) is 3.65. The predicted octanol–water partition coefficient (Wildman–Crippen LogP) is 2.98. The Morgan fingerprint density at radius 2 is 1.80 bits per heavy atom. The molecule has 0 aromatic carbocycles. The van der Waals surface area contributed by atoms with E-state index in [1.807, 2.05) is 10.6 Å². The summed E-state index contributed by atoms with van der Waals surface area (Å²) in [5.74, 6) is 0.990. The molecular weight excluding hydrogens is 186 g/mol. The maximum absolute atomic E-state index is 4.29. The summed E-state index contributed by atoms with van der Waals surface area (Å²) in [6.45, 7) is 8.82. The van der Waals surface area contributed by atoms with Crippen LogP contribution in [0.3, 0.4) is 0 Å². The molecule has 2 rings (SSSR count). The van der Waals surface area contributed by atoms with Crippen LogP contribution < -0.4 is 0 Å². The molecule has 15 heavy (non-hydrogen) atoms. The summed E-state index contributed by atoms with van der Waals surface area (Å²) in [5, 5.41) is 4.29. The Bertz CT molecular complexity index is 469. The molecule has 0 aliphatic heterocycles. The molecule has 2 heterocycles. The van der Waals surface area contributed by atoms with Gasteiger partial charge in [0.05, 0.1) is 5.69 Å². The Hall–Kier alpha value is -1.38. The molecule has 3 nitrogen and oxygen atoms in total. The van der Waals surface area contributed by atoms with Gasteiger partial charge in [-0.25, -0.2) is 9.50 Å². The average Bonchev–Trinajstić information content (AvgIpc) is 2.62. The Balaban J connectivity index is 2.75. The van der Waals surface area contributed by atoms with E-state index < -0.39 is 0 Å². The first-order valence-electron chi connectivity index (χ1n) is 5.43. The van der Waals surface area contributed by atoms with Crippen molar-refractivity contribution in [1.82, 2.24) is 14.6 Å². The maximum Gasteiger partial charge on any atom is 0.155 e.